The highest BCUT2D eigenvalue weighted by Gasteiger charge is 2.75. The summed E-state index contributed by atoms with van der Waals surface area (Å²) in [4.78, 5) is 47.4. The van der Waals surface area contributed by atoms with Gasteiger partial charge >= 0.3 is 6.03 Å². The summed E-state index contributed by atoms with van der Waals surface area (Å²) in [6.07, 6.45) is -0.505. The molecule has 3 heterocycles. The summed E-state index contributed by atoms with van der Waals surface area (Å²) in [6.45, 7) is 0. The van der Waals surface area contributed by atoms with Crippen molar-refractivity contribution in [2.24, 2.45) is 0 Å². The lowest BCUT2D eigenvalue weighted by Gasteiger charge is -2.41. The molecule has 4 amide bonds. The average Bonchev–Trinajstić information content (AvgIpc) is 3.13. The first-order valence-electron chi connectivity index (χ1n) is 10.0. The van der Waals surface area contributed by atoms with Crippen LogP contribution in [0, 0.1) is 0 Å². The molecule has 7 heteroatoms. The summed E-state index contributed by atoms with van der Waals surface area (Å²) in [7, 11) is 1.73. The van der Waals surface area contributed by atoms with Gasteiger partial charge < -0.3 is 0 Å². The minimum atomic E-state index is -1.76. The molecule has 3 aromatic carbocycles. The Morgan fingerprint density at radius 3 is 1.97 bits per heavy atom. The number of anilines is 3. The number of urea groups is 1. The fraction of sp³-hybridized carbons (Fsp3) is 0.125. The van der Waals surface area contributed by atoms with Crippen molar-refractivity contribution < 1.29 is 14.4 Å². The van der Waals surface area contributed by atoms with E-state index in [9.17, 15) is 14.4 Å². The van der Waals surface area contributed by atoms with Crippen molar-refractivity contribution in [2.45, 2.75) is 11.8 Å². The van der Waals surface area contributed by atoms with Crippen LogP contribution < -0.4 is 14.7 Å². The van der Waals surface area contributed by atoms with Crippen LogP contribution in [-0.2, 0) is 9.59 Å². The van der Waals surface area contributed by atoms with E-state index in [1.807, 2.05) is 54.6 Å². The topological polar surface area (TPSA) is 64.2 Å². The third kappa shape index (κ3) is 1.98. The SMILES string of the molecule is CN1[C@@H]2c3ccccc3N3C(=O)N(c4ccccc4)C(=O)[C@@]31C(=O)N2c1ccccc1. The second kappa shape index (κ2) is 6.02. The normalized spacial score (nSPS) is 24.6. The third-order valence-electron chi connectivity index (χ3n) is 6.35. The number of carbonyl (C=O) groups excluding carboxylic acids is 3. The summed E-state index contributed by atoms with van der Waals surface area (Å²) in [6, 6.07) is 24.9. The molecule has 0 unspecified atom stereocenters. The molecule has 2 atom stereocenters. The second-order valence-electron chi connectivity index (χ2n) is 7.82. The van der Waals surface area contributed by atoms with Gasteiger partial charge in [-0.3, -0.25) is 19.4 Å². The molecule has 1 spiro atoms. The number of para-hydroxylation sites is 3. The van der Waals surface area contributed by atoms with Gasteiger partial charge in [-0.1, -0.05) is 54.6 Å². The molecule has 0 aliphatic carbocycles. The molecule has 7 nitrogen and oxygen atoms in total. The Bertz CT molecular complexity index is 1250. The van der Waals surface area contributed by atoms with Crippen LogP contribution in [0.5, 0.6) is 0 Å². The molecule has 3 aliphatic rings. The summed E-state index contributed by atoms with van der Waals surface area (Å²) < 4.78 is 0. The largest absolute Gasteiger partial charge is 0.338 e. The van der Waals surface area contributed by atoms with Gasteiger partial charge in [0.15, 0.2) is 0 Å². The zero-order chi connectivity index (χ0) is 21.3. The van der Waals surface area contributed by atoms with Crippen LogP contribution >= 0.6 is 0 Å². The van der Waals surface area contributed by atoms with E-state index in [1.165, 1.54) is 4.90 Å². The molecule has 0 radical (unpaired) electrons. The molecule has 152 valence electrons. The molecule has 2 fully saturated rings. The molecule has 0 aromatic heterocycles. The summed E-state index contributed by atoms with van der Waals surface area (Å²) in [5.41, 5.74) is 0.730. The Morgan fingerprint density at radius 2 is 1.29 bits per heavy atom. The maximum absolute atomic E-state index is 14.0. The van der Waals surface area contributed by atoms with E-state index in [2.05, 4.69) is 0 Å². The van der Waals surface area contributed by atoms with Crippen LogP contribution in [0.2, 0.25) is 0 Å². The molecule has 0 N–H and O–H groups in total. The number of carbonyl (C=O) groups is 3. The lowest BCUT2D eigenvalue weighted by Crippen LogP contribution is -2.64. The Labute approximate surface area is 178 Å². The Hall–Kier alpha value is -3.97. The summed E-state index contributed by atoms with van der Waals surface area (Å²) in [5, 5.41) is 0. The van der Waals surface area contributed by atoms with Gasteiger partial charge in [-0.2, -0.15) is 0 Å². The van der Waals surface area contributed by atoms with Crippen molar-refractivity contribution >= 4 is 34.9 Å². The summed E-state index contributed by atoms with van der Waals surface area (Å²) >= 11 is 0. The van der Waals surface area contributed by atoms with Gasteiger partial charge in [-0.25, -0.2) is 14.6 Å². The van der Waals surface area contributed by atoms with Crippen LogP contribution in [0.3, 0.4) is 0 Å². The first-order valence-corrected chi connectivity index (χ1v) is 10.0. The molecule has 31 heavy (non-hydrogen) atoms. The highest BCUT2D eigenvalue weighted by atomic mass is 16.2. The molecule has 2 bridgehead atoms. The highest BCUT2D eigenvalue weighted by molar-refractivity contribution is 6.40. The smallest absolute Gasteiger partial charge is 0.288 e. The minimum absolute atomic E-state index is 0.431. The van der Waals surface area contributed by atoms with E-state index in [-0.39, 0.29) is 0 Å². The van der Waals surface area contributed by atoms with Crippen LogP contribution in [-0.4, -0.2) is 35.5 Å². The van der Waals surface area contributed by atoms with E-state index in [1.54, 1.807) is 47.2 Å². The van der Waals surface area contributed by atoms with E-state index in [0.29, 0.717) is 17.1 Å². The number of hydrogen-bond acceptors (Lipinski definition) is 4. The second-order valence-corrected chi connectivity index (χ2v) is 7.82. The number of likely N-dealkylation sites (N-methyl/N-ethyl adjacent to an activating group) is 1. The summed E-state index contributed by atoms with van der Waals surface area (Å²) in [5.74, 6) is -0.992. The van der Waals surface area contributed by atoms with Gasteiger partial charge in [0.05, 0.1) is 11.4 Å². The van der Waals surface area contributed by atoms with Crippen molar-refractivity contribution in [2.75, 3.05) is 21.7 Å². The molecule has 3 aliphatic heterocycles. The number of hydrogen-bond donors (Lipinski definition) is 0. The lowest BCUT2D eigenvalue weighted by molar-refractivity contribution is -0.135. The first kappa shape index (κ1) is 17.9. The quantitative estimate of drug-likeness (QED) is 0.480. The number of rotatable bonds is 2. The maximum atomic E-state index is 14.0. The molecular weight excluding hydrogens is 392 g/mol. The monoisotopic (exact) mass is 410 g/mol. The zero-order valence-corrected chi connectivity index (χ0v) is 16.7. The molecule has 0 saturated carbocycles. The lowest BCUT2D eigenvalue weighted by atomic mass is 10.00. The predicted octanol–water partition coefficient (Wildman–Crippen LogP) is 3.35. The highest BCUT2D eigenvalue weighted by Crippen LogP contribution is 2.55. The number of benzene rings is 3. The van der Waals surface area contributed by atoms with Crippen molar-refractivity contribution in [3.8, 4) is 0 Å². The van der Waals surface area contributed by atoms with E-state index < -0.39 is 29.7 Å². The van der Waals surface area contributed by atoms with Crippen molar-refractivity contribution in [3.05, 3.63) is 90.5 Å². The standard InChI is InChI=1S/C24H18N4O3/c1-25-20-18-14-8-9-15-19(18)28-23(31)27(17-12-6-3-7-13-17)22(30)24(25,28)21(29)26(20)16-10-4-2-5-11-16/h2-15,20H,1H3/t20-,24+/m0/s1. The third-order valence-corrected chi connectivity index (χ3v) is 6.35. The van der Waals surface area contributed by atoms with Gasteiger partial charge in [0.25, 0.3) is 17.5 Å². The van der Waals surface area contributed by atoms with Crippen molar-refractivity contribution in [1.82, 2.24) is 4.90 Å². The first-order chi connectivity index (χ1) is 15.1. The fourth-order valence-corrected chi connectivity index (χ4v) is 5.04. The number of fused-ring (bicyclic) bond motifs is 4. The van der Waals surface area contributed by atoms with E-state index >= 15 is 0 Å². The predicted molar refractivity (Wildman–Crippen MR) is 115 cm³/mol. The molecule has 2 saturated heterocycles. The minimum Gasteiger partial charge on any atom is -0.288 e. The van der Waals surface area contributed by atoms with Gasteiger partial charge in [-0.15, -0.1) is 0 Å². The Kier molecular flexibility index (Phi) is 3.47. The number of amides is 4. The van der Waals surface area contributed by atoms with Crippen molar-refractivity contribution in [3.63, 3.8) is 0 Å². The fourth-order valence-electron chi connectivity index (χ4n) is 5.04. The van der Waals surface area contributed by atoms with Gasteiger partial charge in [0, 0.05) is 11.3 Å². The average molecular weight is 410 g/mol. The van der Waals surface area contributed by atoms with E-state index in [0.717, 1.165) is 10.5 Å². The van der Waals surface area contributed by atoms with Crippen LogP contribution in [0.15, 0.2) is 84.9 Å². The molecule has 3 aromatic rings. The van der Waals surface area contributed by atoms with Gasteiger partial charge in [0.2, 0.25) is 0 Å². The zero-order valence-electron chi connectivity index (χ0n) is 16.7. The van der Waals surface area contributed by atoms with Gasteiger partial charge in [0.1, 0.15) is 6.17 Å². The van der Waals surface area contributed by atoms with Crippen LogP contribution in [0.1, 0.15) is 11.7 Å². The van der Waals surface area contributed by atoms with Crippen LogP contribution in [0.4, 0.5) is 21.9 Å². The number of imide groups is 1. The number of nitrogens with zero attached hydrogens (tertiary/aromatic N) is 4. The molecular formula is C24H18N4O3. The Balaban J connectivity index is 1.64. The van der Waals surface area contributed by atoms with Crippen LogP contribution in [0.25, 0.3) is 0 Å². The van der Waals surface area contributed by atoms with Gasteiger partial charge in [-0.05, 0) is 37.4 Å². The van der Waals surface area contributed by atoms with Crippen molar-refractivity contribution in [1.29, 1.82) is 0 Å². The Morgan fingerprint density at radius 1 is 0.710 bits per heavy atom. The molecule has 6 rings (SSSR count). The maximum Gasteiger partial charge on any atom is 0.338 e. The van der Waals surface area contributed by atoms with E-state index in [4.69, 9.17) is 0 Å².